The first-order chi connectivity index (χ1) is 10.6. The van der Waals surface area contributed by atoms with Crippen molar-refractivity contribution in [2.75, 3.05) is 26.2 Å². The van der Waals surface area contributed by atoms with Crippen molar-refractivity contribution in [3.63, 3.8) is 0 Å². The van der Waals surface area contributed by atoms with Gasteiger partial charge in [0.25, 0.3) is 5.91 Å². The predicted molar refractivity (Wildman–Crippen MR) is 86.3 cm³/mol. The van der Waals surface area contributed by atoms with Crippen LogP contribution in [0.4, 0.5) is 0 Å². The Morgan fingerprint density at radius 2 is 2.09 bits per heavy atom. The fourth-order valence-electron chi connectivity index (χ4n) is 2.77. The lowest BCUT2D eigenvalue weighted by Crippen LogP contribution is -2.46. The maximum Gasteiger partial charge on any atom is 0.251 e. The smallest absolute Gasteiger partial charge is 0.251 e. The summed E-state index contributed by atoms with van der Waals surface area (Å²) in [6, 6.07) is 9.19. The fourth-order valence-corrected chi connectivity index (χ4v) is 2.77. The number of nitrogens with two attached hydrogens (primary N) is 1. The minimum absolute atomic E-state index is 0.0561. The molecule has 0 spiro atoms. The fraction of sp³-hybridized carbons (Fsp3) is 0.529. The minimum atomic E-state index is -0.127. The number of hydrogen-bond acceptors (Lipinski definition) is 3. The number of nitrogens with zero attached hydrogens (tertiary/aromatic N) is 1. The highest BCUT2D eigenvalue weighted by Crippen LogP contribution is 2.17. The number of nitrogens with one attached hydrogen (secondary N) is 1. The van der Waals surface area contributed by atoms with E-state index in [9.17, 15) is 9.59 Å². The number of likely N-dealkylation sites (tertiary alicyclic amines) is 1. The van der Waals surface area contributed by atoms with Crippen molar-refractivity contribution in [1.29, 1.82) is 0 Å². The molecule has 120 valence electrons. The molecule has 5 nitrogen and oxygen atoms in total. The van der Waals surface area contributed by atoms with Gasteiger partial charge in [0.15, 0.2) is 0 Å². The molecular formula is C17H25N3O2. The molecule has 2 rings (SSSR count). The van der Waals surface area contributed by atoms with Gasteiger partial charge >= 0.3 is 0 Å². The van der Waals surface area contributed by atoms with Gasteiger partial charge in [-0.25, -0.2) is 0 Å². The Bertz CT molecular complexity index is 504. The molecule has 0 aliphatic carbocycles. The third-order valence-corrected chi connectivity index (χ3v) is 4.19. The van der Waals surface area contributed by atoms with E-state index < -0.39 is 0 Å². The zero-order valence-electron chi connectivity index (χ0n) is 13.1. The van der Waals surface area contributed by atoms with E-state index >= 15 is 0 Å². The standard InChI is InChI=1S/C17H25N3O2/c1-13(10-18)17(22)20-9-5-6-14(12-20)11-19-16(21)15-7-3-2-4-8-15/h2-4,7-8,13-14H,5-6,9-12,18H2,1H3,(H,19,21). The summed E-state index contributed by atoms with van der Waals surface area (Å²) in [5.74, 6) is 0.258. The first-order valence-corrected chi connectivity index (χ1v) is 7.94. The Kier molecular flexibility index (Phi) is 5.95. The first kappa shape index (κ1) is 16.5. The summed E-state index contributed by atoms with van der Waals surface area (Å²) >= 11 is 0. The van der Waals surface area contributed by atoms with E-state index in [1.54, 1.807) is 12.1 Å². The Balaban J connectivity index is 1.83. The zero-order valence-corrected chi connectivity index (χ0v) is 13.1. The quantitative estimate of drug-likeness (QED) is 0.859. The molecule has 1 saturated heterocycles. The van der Waals surface area contributed by atoms with Crippen LogP contribution in [0.1, 0.15) is 30.1 Å². The second kappa shape index (κ2) is 7.94. The number of rotatable bonds is 5. The Labute approximate surface area is 131 Å². The molecule has 1 fully saturated rings. The Hall–Kier alpha value is -1.88. The first-order valence-electron chi connectivity index (χ1n) is 7.94. The number of piperidine rings is 1. The van der Waals surface area contributed by atoms with Gasteiger partial charge in [0.05, 0.1) is 0 Å². The lowest BCUT2D eigenvalue weighted by Gasteiger charge is -2.34. The lowest BCUT2D eigenvalue weighted by molar-refractivity contribution is -0.136. The van der Waals surface area contributed by atoms with Crippen LogP contribution in [0, 0.1) is 11.8 Å². The van der Waals surface area contributed by atoms with E-state index in [2.05, 4.69) is 5.32 Å². The van der Waals surface area contributed by atoms with Crippen LogP contribution in [0.25, 0.3) is 0 Å². The van der Waals surface area contributed by atoms with E-state index in [1.165, 1.54) is 0 Å². The van der Waals surface area contributed by atoms with Crippen LogP contribution in [-0.4, -0.2) is 42.9 Å². The number of hydrogen-bond donors (Lipinski definition) is 2. The monoisotopic (exact) mass is 303 g/mol. The summed E-state index contributed by atoms with van der Waals surface area (Å²) in [5.41, 5.74) is 6.24. The number of benzene rings is 1. The van der Waals surface area contributed by atoms with Crippen LogP contribution in [0.3, 0.4) is 0 Å². The van der Waals surface area contributed by atoms with Gasteiger partial charge in [-0.1, -0.05) is 25.1 Å². The zero-order chi connectivity index (χ0) is 15.9. The third kappa shape index (κ3) is 4.31. The topological polar surface area (TPSA) is 75.4 Å². The van der Waals surface area contributed by atoms with Gasteiger partial charge in [0, 0.05) is 37.7 Å². The van der Waals surface area contributed by atoms with Crippen molar-refractivity contribution < 1.29 is 9.59 Å². The van der Waals surface area contributed by atoms with E-state index in [1.807, 2.05) is 30.0 Å². The van der Waals surface area contributed by atoms with Crippen LogP contribution >= 0.6 is 0 Å². The maximum atomic E-state index is 12.2. The van der Waals surface area contributed by atoms with Crippen molar-refractivity contribution >= 4 is 11.8 Å². The van der Waals surface area contributed by atoms with E-state index in [0.717, 1.165) is 19.4 Å². The van der Waals surface area contributed by atoms with Crippen molar-refractivity contribution in [2.45, 2.75) is 19.8 Å². The molecule has 1 aliphatic rings. The van der Waals surface area contributed by atoms with Crippen LogP contribution in [0.15, 0.2) is 30.3 Å². The predicted octanol–water partition coefficient (Wildman–Crippen LogP) is 1.25. The minimum Gasteiger partial charge on any atom is -0.352 e. The molecule has 1 heterocycles. The Morgan fingerprint density at radius 3 is 2.77 bits per heavy atom. The summed E-state index contributed by atoms with van der Waals surface area (Å²) in [5, 5.41) is 2.97. The second-order valence-corrected chi connectivity index (χ2v) is 6.01. The summed E-state index contributed by atoms with van der Waals surface area (Å²) in [4.78, 5) is 26.1. The molecule has 2 amide bonds. The average Bonchev–Trinajstić information content (AvgIpc) is 2.59. The molecule has 2 unspecified atom stereocenters. The van der Waals surface area contributed by atoms with Crippen molar-refractivity contribution in [2.24, 2.45) is 17.6 Å². The molecule has 0 saturated carbocycles. The summed E-state index contributed by atoms with van der Waals surface area (Å²) in [6.45, 7) is 4.35. The lowest BCUT2D eigenvalue weighted by atomic mass is 9.96. The second-order valence-electron chi connectivity index (χ2n) is 6.01. The van der Waals surface area contributed by atoms with Gasteiger partial charge in [0.2, 0.25) is 5.91 Å². The average molecular weight is 303 g/mol. The molecule has 5 heteroatoms. The van der Waals surface area contributed by atoms with Gasteiger partial charge < -0.3 is 16.0 Å². The Morgan fingerprint density at radius 1 is 1.36 bits per heavy atom. The van der Waals surface area contributed by atoms with Gasteiger partial charge in [-0.2, -0.15) is 0 Å². The number of amides is 2. The molecule has 22 heavy (non-hydrogen) atoms. The van der Waals surface area contributed by atoms with E-state index in [4.69, 9.17) is 5.73 Å². The van der Waals surface area contributed by atoms with Crippen LogP contribution < -0.4 is 11.1 Å². The van der Waals surface area contributed by atoms with Crippen LogP contribution in [0.5, 0.6) is 0 Å². The molecular weight excluding hydrogens is 278 g/mol. The largest absolute Gasteiger partial charge is 0.352 e. The van der Waals surface area contributed by atoms with Crippen molar-refractivity contribution in [3.05, 3.63) is 35.9 Å². The summed E-state index contributed by atoms with van der Waals surface area (Å²) in [7, 11) is 0. The molecule has 0 radical (unpaired) electrons. The number of carbonyl (C=O) groups is 2. The number of carbonyl (C=O) groups excluding carboxylic acids is 2. The van der Waals surface area contributed by atoms with Gasteiger partial charge in [0.1, 0.15) is 0 Å². The highest BCUT2D eigenvalue weighted by Gasteiger charge is 2.26. The summed E-state index contributed by atoms with van der Waals surface area (Å²) in [6.07, 6.45) is 2.02. The van der Waals surface area contributed by atoms with Crippen LogP contribution in [-0.2, 0) is 4.79 Å². The molecule has 2 atom stereocenters. The van der Waals surface area contributed by atoms with Crippen LogP contribution in [0.2, 0.25) is 0 Å². The highest BCUT2D eigenvalue weighted by molar-refractivity contribution is 5.94. The van der Waals surface area contributed by atoms with E-state index in [-0.39, 0.29) is 17.7 Å². The third-order valence-electron chi connectivity index (χ3n) is 4.19. The normalized spacial score (nSPS) is 19.5. The SMILES string of the molecule is CC(CN)C(=O)N1CCCC(CNC(=O)c2ccccc2)C1. The van der Waals surface area contributed by atoms with Gasteiger partial charge in [-0.3, -0.25) is 9.59 Å². The molecule has 1 aromatic rings. The molecule has 3 N–H and O–H groups in total. The molecule has 1 aliphatic heterocycles. The molecule has 0 aromatic heterocycles. The highest BCUT2D eigenvalue weighted by atomic mass is 16.2. The van der Waals surface area contributed by atoms with Gasteiger partial charge in [-0.05, 0) is 30.9 Å². The van der Waals surface area contributed by atoms with Crippen molar-refractivity contribution in [1.82, 2.24) is 10.2 Å². The van der Waals surface area contributed by atoms with Crippen molar-refractivity contribution in [3.8, 4) is 0 Å². The van der Waals surface area contributed by atoms with E-state index in [0.29, 0.717) is 31.1 Å². The molecule has 0 bridgehead atoms. The molecule has 1 aromatic carbocycles. The summed E-state index contributed by atoms with van der Waals surface area (Å²) < 4.78 is 0. The van der Waals surface area contributed by atoms with Gasteiger partial charge in [-0.15, -0.1) is 0 Å². The maximum absolute atomic E-state index is 12.2.